The van der Waals surface area contributed by atoms with E-state index >= 15 is 0 Å². The van der Waals surface area contributed by atoms with Crippen molar-refractivity contribution in [1.29, 1.82) is 0 Å². The average molecular weight is 511 g/mol. The Morgan fingerprint density at radius 2 is 1.00 bits per heavy atom. The molecule has 0 unspecified atom stereocenters. The zero-order valence-corrected chi connectivity index (χ0v) is 21.5. The molecule has 0 saturated carbocycles. The minimum Gasteiger partial charge on any atom is -0.256 e. The van der Waals surface area contributed by atoms with Crippen molar-refractivity contribution >= 4 is 32.3 Å². The van der Waals surface area contributed by atoms with Crippen LogP contribution in [0.3, 0.4) is 0 Å². The first-order valence-electron chi connectivity index (χ1n) is 13.3. The zero-order valence-electron chi connectivity index (χ0n) is 21.5. The lowest BCUT2D eigenvalue weighted by Crippen LogP contribution is -2.01. The van der Waals surface area contributed by atoms with Crippen molar-refractivity contribution in [2.75, 3.05) is 0 Å². The van der Waals surface area contributed by atoms with Gasteiger partial charge < -0.3 is 0 Å². The molecule has 4 heteroatoms. The normalized spacial score (nSPS) is 11.5. The second-order valence-corrected chi connectivity index (χ2v) is 9.90. The highest BCUT2D eigenvalue weighted by Crippen LogP contribution is 2.39. The third-order valence-electron chi connectivity index (χ3n) is 7.55. The standard InChI is InChI=1S/C36H22N4/c1-2-9-26(10-3-1)34-38-35(29-14-5-4-13-27(29)31-15-6-7-22-37-31)40-36(39-34)30-21-19-25-17-16-23-11-8-12-24-18-20-28(30)33(25)32(23)24/h1-22H. The molecular formula is C36H22N4. The highest BCUT2D eigenvalue weighted by atomic mass is 15.0. The third kappa shape index (κ3) is 3.62. The molecule has 0 aliphatic heterocycles. The SMILES string of the molecule is c1ccc(-c2nc(-c3ccccc3-c3ccccn3)nc(-c3ccc4ccc5cccc6ccc3c4c56)n2)cc1. The Hall–Kier alpha value is -5.48. The fraction of sp³-hybridized carbons (Fsp3) is 0. The van der Waals surface area contributed by atoms with E-state index in [1.807, 2.05) is 66.9 Å². The van der Waals surface area contributed by atoms with Crippen molar-refractivity contribution < 1.29 is 0 Å². The van der Waals surface area contributed by atoms with Gasteiger partial charge in [0.05, 0.1) is 5.69 Å². The maximum atomic E-state index is 5.12. The molecule has 0 fully saturated rings. The molecule has 0 radical (unpaired) electrons. The number of hydrogen-bond acceptors (Lipinski definition) is 4. The fourth-order valence-electron chi connectivity index (χ4n) is 5.69. The zero-order chi connectivity index (χ0) is 26.5. The number of nitrogens with zero attached hydrogens (tertiary/aromatic N) is 4. The summed E-state index contributed by atoms with van der Waals surface area (Å²) >= 11 is 0. The molecule has 2 aromatic heterocycles. The van der Waals surface area contributed by atoms with E-state index in [0.717, 1.165) is 33.3 Å². The molecule has 8 aromatic rings. The molecule has 0 aliphatic rings. The topological polar surface area (TPSA) is 51.6 Å². The van der Waals surface area contributed by atoms with Gasteiger partial charge in [0.1, 0.15) is 0 Å². The van der Waals surface area contributed by atoms with Crippen molar-refractivity contribution in [1.82, 2.24) is 19.9 Å². The molecule has 0 bridgehead atoms. The molecule has 4 nitrogen and oxygen atoms in total. The highest BCUT2D eigenvalue weighted by Gasteiger charge is 2.18. The summed E-state index contributed by atoms with van der Waals surface area (Å²) < 4.78 is 0. The second-order valence-electron chi connectivity index (χ2n) is 9.90. The minimum atomic E-state index is 0.621. The van der Waals surface area contributed by atoms with Gasteiger partial charge in [0.2, 0.25) is 0 Å². The molecule has 0 aliphatic carbocycles. The Morgan fingerprint density at radius 3 is 1.77 bits per heavy atom. The van der Waals surface area contributed by atoms with Gasteiger partial charge in [-0.2, -0.15) is 0 Å². The van der Waals surface area contributed by atoms with E-state index in [1.54, 1.807) is 0 Å². The highest BCUT2D eigenvalue weighted by molar-refractivity contribution is 6.25. The summed E-state index contributed by atoms with van der Waals surface area (Å²) in [7, 11) is 0. The second kappa shape index (κ2) is 9.07. The van der Waals surface area contributed by atoms with Crippen LogP contribution in [0.2, 0.25) is 0 Å². The van der Waals surface area contributed by atoms with E-state index in [1.165, 1.54) is 26.9 Å². The van der Waals surface area contributed by atoms with Crippen LogP contribution in [0.25, 0.3) is 77.7 Å². The van der Waals surface area contributed by atoms with Gasteiger partial charge in [0.25, 0.3) is 0 Å². The van der Waals surface area contributed by atoms with Gasteiger partial charge in [0.15, 0.2) is 17.5 Å². The maximum Gasteiger partial charge on any atom is 0.164 e. The third-order valence-corrected chi connectivity index (χ3v) is 7.55. The van der Waals surface area contributed by atoms with Gasteiger partial charge in [-0.15, -0.1) is 0 Å². The number of hydrogen-bond donors (Lipinski definition) is 0. The molecule has 0 amide bonds. The predicted molar refractivity (Wildman–Crippen MR) is 163 cm³/mol. The summed E-state index contributed by atoms with van der Waals surface area (Å²) in [6.45, 7) is 0. The van der Waals surface area contributed by atoms with Crippen LogP contribution in [-0.4, -0.2) is 19.9 Å². The summed E-state index contributed by atoms with van der Waals surface area (Å²) in [4.78, 5) is 19.8. The molecule has 0 spiro atoms. The summed E-state index contributed by atoms with van der Waals surface area (Å²) in [6.07, 6.45) is 1.81. The largest absolute Gasteiger partial charge is 0.256 e. The lowest BCUT2D eigenvalue weighted by atomic mass is 9.92. The van der Waals surface area contributed by atoms with E-state index in [4.69, 9.17) is 15.0 Å². The van der Waals surface area contributed by atoms with Crippen LogP contribution >= 0.6 is 0 Å². The first-order valence-corrected chi connectivity index (χ1v) is 13.3. The molecule has 186 valence electrons. The number of pyridine rings is 1. The van der Waals surface area contributed by atoms with E-state index in [0.29, 0.717) is 17.5 Å². The summed E-state index contributed by atoms with van der Waals surface area (Å²) in [5.41, 5.74) is 4.71. The Bertz CT molecular complexity index is 2140. The Kier molecular flexibility index (Phi) is 5.10. The number of aromatic nitrogens is 4. The summed E-state index contributed by atoms with van der Waals surface area (Å²) in [5, 5.41) is 7.33. The van der Waals surface area contributed by atoms with Crippen LogP contribution in [0.5, 0.6) is 0 Å². The van der Waals surface area contributed by atoms with Gasteiger partial charge in [0, 0.05) is 28.5 Å². The van der Waals surface area contributed by atoms with Gasteiger partial charge in [-0.3, -0.25) is 4.98 Å². The van der Waals surface area contributed by atoms with Gasteiger partial charge in [-0.1, -0.05) is 109 Å². The Balaban J connectivity index is 1.42. The Labute approximate surface area is 231 Å². The number of benzene rings is 6. The van der Waals surface area contributed by atoms with Crippen molar-refractivity contribution in [2.24, 2.45) is 0 Å². The van der Waals surface area contributed by atoms with Crippen molar-refractivity contribution in [3.05, 3.63) is 134 Å². The van der Waals surface area contributed by atoms with E-state index < -0.39 is 0 Å². The molecule has 0 atom stereocenters. The smallest absolute Gasteiger partial charge is 0.164 e. The van der Waals surface area contributed by atoms with Crippen molar-refractivity contribution in [3.8, 4) is 45.4 Å². The van der Waals surface area contributed by atoms with Crippen LogP contribution in [0.1, 0.15) is 0 Å². The van der Waals surface area contributed by atoms with Gasteiger partial charge in [-0.25, -0.2) is 15.0 Å². The van der Waals surface area contributed by atoms with Crippen LogP contribution in [0.4, 0.5) is 0 Å². The number of rotatable bonds is 4. The van der Waals surface area contributed by atoms with Crippen LogP contribution < -0.4 is 0 Å². The van der Waals surface area contributed by atoms with Crippen molar-refractivity contribution in [3.63, 3.8) is 0 Å². The molecule has 0 N–H and O–H groups in total. The van der Waals surface area contributed by atoms with Crippen LogP contribution in [0.15, 0.2) is 134 Å². The molecule has 40 heavy (non-hydrogen) atoms. The molecule has 8 rings (SSSR count). The average Bonchev–Trinajstić information content (AvgIpc) is 3.04. The minimum absolute atomic E-state index is 0.621. The first kappa shape index (κ1) is 22.5. The monoisotopic (exact) mass is 510 g/mol. The first-order chi connectivity index (χ1) is 19.8. The Morgan fingerprint density at radius 1 is 0.375 bits per heavy atom. The van der Waals surface area contributed by atoms with Crippen LogP contribution in [0, 0.1) is 0 Å². The molecule has 2 heterocycles. The maximum absolute atomic E-state index is 5.12. The fourth-order valence-corrected chi connectivity index (χ4v) is 5.69. The van der Waals surface area contributed by atoms with E-state index in [2.05, 4.69) is 71.7 Å². The molecule has 0 saturated heterocycles. The van der Waals surface area contributed by atoms with E-state index in [-0.39, 0.29) is 0 Å². The quantitative estimate of drug-likeness (QED) is 0.222. The van der Waals surface area contributed by atoms with Gasteiger partial charge in [-0.05, 0) is 50.5 Å². The summed E-state index contributed by atoms with van der Waals surface area (Å²) in [6, 6.07) is 43.8. The predicted octanol–water partition coefficient (Wildman–Crippen LogP) is 8.83. The molecule has 6 aromatic carbocycles. The molecular weight excluding hydrogens is 488 g/mol. The van der Waals surface area contributed by atoms with E-state index in [9.17, 15) is 0 Å². The van der Waals surface area contributed by atoms with Gasteiger partial charge >= 0.3 is 0 Å². The summed E-state index contributed by atoms with van der Waals surface area (Å²) in [5.74, 6) is 1.91. The van der Waals surface area contributed by atoms with Crippen LogP contribution in [-0.2, 0) is 0 Å². The van der Waals surface area contributed by atoms with Crippen molar-refractivity contribution in [2.45, 2.75) is 0 Å². The lowest BCUT2D eigenvalue weighted by molar-refractivity contribution is 1.08. The lowest BCUT2D eigenvalue weighted by Gasteiger charge is -2.15.